The van der Waals surface area contributed by atoms with Gasteiger partial charge < -0.3 is 34.9 Å². The second kappa shape index (κ2) is 14.2. The van der Waals surface area contributed by atoms with Crippen molar-refractivity contribution in [3.63, 3.8) is 0 Å². The van der Waals surface area contributed by atoms with Crippen molar-refractivity contribution in [1.29, 1.82) is 0 Å². The lowest BCUT2D eigenvalue weighted by Crippen LogP contribution is -2.40. The number of hydrogen-bond donors (Lipinski definition) is 3. The summed E-state index contributed by atoms with van der Waals surface area (Å²) in [7, 11) is 6.24. The molecule has 0 aromatic heterocycles. The van der Waals surface area contributed by atoms with E-state index in [1.54, 1.807) is 64.8 Å². The van der Waals surface area contributed by atoms with Gasteiger partial charge in [-0.1, -0.05) is 26.3 Å². The molecule has 3 aromatic rings. The summed E-state index contributed by atoms with van der Waals surface area (Å²) in [5.41, 5.74) is 3.60. The van der Waals surface area contributed by atoms with Crippen LogP contribution in [0.25, 0.3) is 11.1 Å². The largest absolute Gasteiger partial charge is 0.497 e. The maximum atomic E-state index is 13.8. The summed E-state index contributed by atoms with van der Waals surface area (Å²) >= 11 is 0. The molecule has 10 heteroatoms. The fraction of sp³-hybridized carbons (Fsp3) is 0.382. The van der Waals surface area contributed by atoms with E-state index >= 15 is 0 Å². The number of hydrogen-bond acceptors (Lipinski definition) is 8. The zero-order valence-electron chi connectivity index (χ0n) is 26.3. The molecule has 44 heavy (non-hydrogen) atoms. The number of nitrogens with one attached hydrogen (secondary N) is 3. The van der Waals surface area contributed by atoms with Crippen molar-refractivity contribution in [2.75, 3.05) is 39.1 Å². The molecule has 0 saturated carbocycles. The first-order valence-electron chi connectivity index (χ1n) is 14.6. The van der Waals surface area contributed by atoms with Gasteiger partial charge in [-0.15, -0.1) is 0 Å². The molecule has 0 unspecified atom stereocenters. The Hall–Kier alpha value is -4.73. The molecule has 1 aliphatic carbocycles. The van der Waals surface area contributed by atoms with Crippen LogP contribution in [0.15, 0.2) is 53.3 Å². The Bertz CT molecular complexity index is 1570. The molecule has 0 fully saturated rings. The molecule has 0 spiro atoms. The van der Waals surface area contributed by atoms with Gasteiger partial charge in [-0.2, -0.15) is 0 Å². The minimum atomic E-state index is -0.700. The van der Waals surface area contributed by atoms with Crippen LogP contribution in [0.2, 0.25) is 0 Å². The number of ether oxygens (including phenoxy) is 4. The van der Waals surface area contributed by atoms with Crippen molar-refractivity contribution in [3.05, 3.63) is 69.9 Å². The van der Waals surface area contributed by atoms with Crippen LogP contribution in [0.5, 0.6) is 23.0 Å². The van der Waals surface area contributed by atoms with Crippen LogP contribution in [0, 0.1) is 5.92 Å². The molecule has 3 aromatic carbocycles. The van der Waals surface area contributed by atoms with Gasteiger partial charge in [0.15, 0.2) is 11.5 Å². The summed E-state index contributed by atoms with van der Waals surface area (Å²) in [5, 5.41) is 9.20. The topological polar surface area (TPSA) is 124 Å². The van der Waals surface area contributed by atoms with Gasteiger partial charge in [0.2, 0.25) is 23.0 Å². The van der Waals surface area contributed by atoms with Crippen LogP contribution in [0.4, 0.5) is 11.4 Å². The number of anilines is 2. The molecule has 3 atom stereocenters. The van der Waals surface area contributed by atoms with Gasteiger partial charge in [0.05, 0.1) is 40.2 Å². The number of methoxy groups -OCH3 is 4. The first-order chi connectivity index (χ1) is 21.1. The molecule has 0 radical (unpaired) electrons. The average Bonchev–Trinajstić information content (AvgIpc) is 3.26. The third kappa shape index (κ3) is 6.74. The van der Waals surface area contributed by atoms with E-state index < -0.39 is 12.1 Å². The van der Waals surface area contributed by atoms with E-state index in [1.807, 2.05) is 26.0 Å². The quantitative estimate of drug-likeness (QED) is 0.269. The van der Waals surface area contributed by atoms with Crippen molar-refractivity contribution < 1.29 is 28.5 Å². The highest BCUT2D eigenvalue weighted by Gasteiger charge is 2.30. The van der Waals surface area contributed by atoms with Crippen LogP contribution in [0.3, 0.4) is 0 Å². The lowest BCUT2D eigenvalue weighted by atomic mass is 9.95. The molecule has 234 valence electrons. The van der Waals surface area contributed by atoms with Gasteiger partial charge in [-0.25, -0.2) is 0 Å². The third-order valence-corrected chi connectivity index (χ3v) is 8.08. The van der Waals surface area contributed by atoms with Crippen molar-refractivity contribution in [2.24, 2.45) is 5.92 Å². The lowest BCUT2D eigenvalue weighted by molar-refractivity contribution is -0.120. The van der Waals surface area contributed by atoms with Gasteiger partial charge in [0, 0.05) is 18.2 Å². The van der Waals surface area contributed by atoms with E-state index in [1.165, 1.54) is 6.92 Å². The van der Waals surface area contributed by atoms with Crippen LogP contribution in [-0.2, 0) is 16.0 Å². The number of carbonyl (C=O) groups excluding carboxylic acids is 2. The highest BCUT2D eigenvalue weighted by Crippen LogP contribution is 2.50. The van der Waals surface area contributed by atoms with Crippen LogP contribution < -0.4 is 40.3 Å². The summed E-state index contributed by atoms with van der Waals surface area (Å²) in [6, 6.07) is 12.9. The van der Waals surface area contributed by atoms with Gasteiger partial charge in [-0.05, 0) is 77.9 Å². The summed E-state index contributed by atoms with van der Waals surface area (Å²) in [6.45, 7) is 5.41. The highest BCUT2D eigenvalue weighted by atomic mass is 16.5. The lowest BCUT2D eigenvalue weighted by Gasteiger charge is -2.24. The molecule has 0 bridgehead atoms. The van der Waals surface area contributed by atoms with Gasteiger partial charge in [-0.3, -0.25) is 14.4 Å². The minimum Gasteiger partial charge on any atom is -0.497 e. The predicted octanol–water partition coefficient (Wildman–Crippen LogP) is 5.34. The normalized spacial score (nSPS) is 14.9. The van der Waals surface area contributed by atoms with Gasteiger partial charge in [0.1, 0.15) is 11.8 Å². The Labute approximate surface area is 258 Å². The van der Waals surface area contributed by atoms with Crippen molar-refractivity contribution in [1.82, 2.24) is 5.32 Å². The van der Waals surface area contributed by atoms with Gasteiger partial charge >= 0.3 is 0 Å². The number of amides is 2. The van der Waals surface area contributed by atoms with E-state index in [4.69, 9.17) is 18.9 Å². The maximum absolute atomic E-state index is 13.8. The fourth-order valence-corrected chi connectivity index (χ4v) is 5.59. The van der Waals surface area contributed by atoms with Crippen molar-refractivity contribution >= 4 is 23.2 Å². The molecule has 0 saturated heterocycles. The Balaban J connectivity index is 1.83. The van der Waals surface area contributed by atoms with E-state index in [0.29, 0.717) is 59.1 Å². The van der Waals surface area contributed by atoms with Crippen molar-refractivity contribution in [3.8, 4) is 34.1 Å². The zero-order chi connectivity index (χ0) is 32.0. The van der Waals surface area contributed by atoms with E-state index in [0.717, 1.165) is 11.1 Å². The molecular weight excluding hydrogens is 562 g/mol. The molecule has 0 aliphatic heterocycles. The average molecular weight is 604 g/mol. The maximum Gasteiger partial charge on any atom is 0.247 e. The number of benzene rings is 2. The minimum absolute atomic E-state index is 0.0966. The molecule has 2 amide bonds. The standard InChI is InChI=1S/C34H41N3O7/c1-8-19(2)31(34(40)36-22-10-12-23(41-4)13-11-22)37-27-16-14-24-25(18-28(27)39)26(35-20(3)38)15-9-21-17-29(42-5)32(43-6)33(44-7)30(21)24/h10-14,16-19,26,31H,8-9,15H2,1-7H3,(H,35,38)(H,36,40)(H,37,39)/t19-,26+,31+/m1/s1. The fourth-order valence-electron chi connectivity index (χ4n) is 5.59. The number of rotatable bonds is 11. The second-order valence-electron chi connectivity index (χ2n) is 10.8. The van der Waals surface area contributed by atoms with E-state index in [-0.39, 0.29) is 28.8 Å². The molecule has 10 nitrogen and oxygen atoms in total. The zero-order valence-corrected chi connectivity index (χ0v) is 26.3. The Morgan fingerprint density at radius 3 is 2.23 bits per heavy atom. The molecule has 3 N–H and O–H groups in total. The highest BCUT2D eigenvalue weighted by molar-refractivity contribution is 5.97. The summed E-state index contributed by atoms with van der Waals surface area (Å²) in [6.07, 6.45) is 1.84. The van der Waals surface area contributed by atoms with Crippen LogP contribution >= 0.6 is 0 Å². The Morgan fingerprint density at radius 1 is 0.932 bits per heavy atom. The van der Waals surface area contributed by atoms with Crippen molar-refractivity contribution in [2.45, 2.75) is 52.1 Å². The van der Waals surface area contributed by atoms with Gasteiger partial charge in [0.25, 0.3) is 0 Å². The monoisotopic (exact) mass is 603 g/mol. The Morgan fingerprint density at radius 2 is 1.64 bits per heavy atom. The molecular formula is C34H41N3O7. The molecule has 1 aliphatic rings. The number of carbonyl (C=O) groups is 2. The summed E-state index contributed by atoms with van der Waals surface area (Å²) in [4.78, 5) is 39.6. The molecule has 4 rings (SSSR count). The Kier molecular flexibility index (Phi) is 10.4. The summed E-state index contributed by atoms with van der Waals surface area (Å²) in [5.74, 6) is 1.53. The SMILES string of the molecule is CC[C@@H](C)[C@H](Nc1ccc2c(cc1=O)[C@@H](NC(C)=O)CCc1cc(OC)c(OC)c(OC)c1-2)C(=O)Nc1ccc(OC)cc1. The second-order valence-corrected chi connectivity index (χ2v) is 10.8. The third-order valence-electron chi connectivity index (χ3n) is 8.08. The predicted molar refractivity (Wildman–Crippen MR) is 171 cm³/mol. The first kappa shape index (κ1) is 32.2. The number of fused-ring (bicyclic) bond motifs is 3. The smallest absolute Gasteiger partial charge is 0.247 e. The van der Waals surface area contributed by atoms with E-state index in [9.17, 15) is 14.4 Å². The summed E-state index contributed by atoms with van der Waals surface area (Å²) < 4.78 is 22.3. The first-order valence-corrected chi connectivity index (χ1v) is 14.6. The van der Waals surface area contributed by atoms with E-state index in [2.05, 4.69) is 16.0 Å². The number of aryl methyl sites for hydroxylation is 1. The molecule has 0 heterocycles. The van der Waals surface area contributed by atoms with Crippen LogP contribution in [0.1, 0.15) is 50.8 Å². The van der Waals surface area contributed by atoms with Crippen LogP contribution in [-0.4, -0.2) is 46.3 Å².